The molecule has 1 amide bonds. The van der Waals surface area contributed by atoms with Crippen molar-refractivity contribution in [2.24, 2.45) is 0 Å². The quantitative estimate of drug-likeness (QED) is 0.839. The van der Waals surface area contributed by atoms with Crippen LogP contribution in [0.3, 0.4) is 0 Å². The molecule has 2 aromatic rings. The Bertz CT molecular complexity index is 701. The van der Waals surface area contributed by atoms with E-state index < -0.39 is 6.10 Å². The molecule has 1 aromatic carbocycles. The van der Waals surface area contributed by atoms with Crippen LogP contribution in [0.5, 0.6) is 0 Å². The maximum absolute atomic E-state index is 12.2. The molecule has 5 nitrogen and oxygen atoms in total. The summed E-state index contributed by atoms with van der Waals surface area (Å²) in [6.07, 6.45) is 1.18. The number of fused-ring (bicyclic) bond motifs is 1. The monoisotopic (exact) mass is 345 g/mol. The highest BCUT2D eigenvalue weighted by molar-refractivity contribution is 7.11. The van der Waals surface area contributed by atoms with Crippen LogP contribution in [0.25, 0.3) is 0 Å². The molecule has 128 valence electrons. The van der Waals surface area contributed by atoms with Gasteiger partial charge in [-0.2, -0.15) is 0 Å². The summed E-state index contributed by atoms with van der Waals surface area (Å²) in [4.78, 5) is 19.3. The summed E-state index contributed by atoms with van der Waals surface area (Å²) >= 11 is 1.35. The molecular weight excluding hydrogens is 322 g/mol. The smallest absolute Gasteiger partial charge is 0.263 e. The van der Waals surface area contributed by atoms with Gasteiger partial charge < -0.3 is 10.4 Å². The average molecular weight is 345 g/mol. The fourth-order valence-corrected chi connectivity index (χ4v) is 3.87. The SMILES string of the molecule is CCc1ncsc1C(=O)NCC(O)CN1CCc2ccccc2C1. The van der Waals surface area contributed by atoms with E-state index in [1.165, 1.54) is 22.5 Å². The second-order valence-electron chi connectivity index (χ2n) is 6.10. The molecule has 0 saturated heterocycles. The maximum atomic E-state index is 12.2. The van der Waals surface area contributed by atoms with Gasteiger partial charge in [0.1, 0.15) is 4.88 Å². The van der Waals surface area contributed by atoms with Gasteiger partial charge >= 0.3 is 0 Å². The molecule has 1 atom stereocenters. The Kier molecular flexibility index (Phi) is 5.60. The Hall–Kier alpha value is -1.76. The normalized spacial score (nSPS) is 15.8. The number of β-amino-alcohol motifs (C(OH)–C–C–N with tert-alkyl or cyclic N) is 1. The van der Waals surface area contributed by atoms with E-state index in [1.807, 2.05) is 6.92 Å². The van der Waals surface area contributed by atoms with Crippen LogP contribution in [0.1, 0.15) is 33.4 Å². The van der Waals surface area contributed by atoms with Gasteiger partial charge in [0.05, 0.1) is 17.3 Å². The molecule has 0 bridgehead atoms. The minimum Gasteiger partial charge on any atom is -0.390 e. The predicted octanol–water partition coefficient (Wildman–Crippen LogP) is 1.85. The third-order valence-electron chi connectivity index (χ3n) is 4.36. The lowest BCUT2D eigenvalue weighted by Crippen LogP contribution is -2.42. The number of nitrogens with zero attached hydrogens (tertiary/aromatic N) is 2. The Morgan fingerprint density at radius 2 is 2.21 bits per heavy atom. The number of aryl methyl sites for hydroxylation is 1. The molecular formula is C18H23N3O2S. The van der Waals surface area contributed by atoms with Crippen LogP contribution in [-0.2, 0) is 19.4 Å². The van der Waals surface area contributed by atoms with Crippen molar-refractivity contribution in [3.8, 4) is 0 Å². The summed E-state index contributed by atoms with van der Waals surface area (Å²) in [6, 6.07) is 8.44. The molecule has 1 unspecified atom stereocenters. The van der Waals surface area contributed by atoms with Crippen molar-refractivity contribution in [1.29, 1.82) is 0 Å². The second kappa shape index (κ2) is 7.88. The molecule has 0 spiro atoms. The number of carbonyl (C=O) groups excluding carboxylic acids is 1. The highest BCUT2D eigenvalue weighted by Crippen LogP contribution is 2.18. The number of aromatic nitrogens is 1. The Labute approximate surface area is 146 Å². The van der Waals surface area contributed by atoms with Crippen LogP contribution in [0.15, 0.2) is 29.8 Å². The number of aliphatic hydroxyl groups is 1. The molecule has 24 heavy (non-hydrogen) atoms. The number of thiazole rings is 1. The molecule has 2 N–H and O–H groups in total. The van der Waals surface area contributed by atoms with Crippen LogP contribution < -0.4 is 5.32 Å². The molecule has 1 aliphatic rings. The van der Waals surface area contributed by atoms with Gasteiger partial charge in [0.15, 0.2) is 0 Å². The zero-order chi connectivity index (χ0) is 16.9. The molecule has 6 heteroatoms. The Morgan fingerprint density at radius 3 is 3.00 bits per heavy atom. The molecule has 1 aliphatic heterocycles. The molecule has 1 aromatic heterocycles. The number of benzene rings is 1. The first-order valence-corrected chi connectivity index (χ1v) is 9.23. The van der Waals surface area contributed by atoms with Crippen molar-refractivity contribution in [3.63, 3.8) is 0 Å². The van der Waals surface area contributed by atoms with Gasteiger partial charge in [-0.05, 0) is 24.0 Å². The van der Waals surface area contributed by atoms with E-state index in [-0.39, 0.29) is 12.5 Å². The Morgan fingerprint density at radius 1 is 1.42 bits per heavy atom. The van der Waals surface area contributed by atoms with Gasteiger partial charge in [0.2, 0.25) is 0 Å². The average Bonchev–Trinajstić information content (AvgIpc) is 3.08. The van der Waals surface area contributed by atoms with Gasteiger partial charge in [-0.25, -0.2) is 4.98 Å². The van der Waals surface area contributed by atoms with Crippen molar-refractivity contribution in [2.45, 2.75) is 32.4 Å². The zero-order valence-electron chi connectivity index (χ0n) is 13.9. The van der Waals surface area contributed by atoms with Crippen molar-refractivity contribution in [3.05, 3.63) is 51.5 Å². The topological polar surface area (TPSA) is 65.5 Å². The standard InChI is InChI=1S/C18H23N3O2S/c1-2-16-17(24-12-20-16)18(23)19-9-15(22)11-21-8-7-13-5-3-4-6-14(13)10-21/h3-6,12,15,22H,2,7-11H2,1H3,(H,19,23). The molecule has 0 aliphatic carbocycles. The molecule has 0 radical (unpaired) electrons. The molecule has 0 saturated carbocycles. The summed E-state index contributed by atoms with van der Waals surface area (Å²) in [5.74, 6) is -0.141. The summed E-state index contributed by atoms with van der Waals surface area (Å²) in [7, 11) is 0. The largest absolute Gasteiger partial charge is 0.390 e. The van der Waals surface area contributed by atoms with Crippen molar-refractivity contribution in [2.75, 3.05) is 19.6 Å². The predicted molar refractivity (Wildman–Crippen MR) is 95.3 cm³/mol. The Balaban J connectivity index is 1.48. The summed E-state index contributed by atoms with van der Waals surface area (Å²) in [5, 5.41) is 13.1. The van der Waals surface area contributed by atoms with Gasteiger partial charge in [-0.15, -0.1) is 11.3 Å². The molecule has 0 fully saturated rings. The number of hydrogen-bond donors (Lipinski definition) is 2. The highest BCUT2D eigenvalue weighted by Gasteiger charge is 2.19. The lowest BCUT2D eigenvalue weighted by molar-refractivity contribution is 0.0844. The van der Waals surface area contributed by atoms with Crippen molar-refractivity contribution in [1.82, 2.24) is 15.2 Å². The van der Waals surface area contributed by atoms with E-state index in [1.54, 1.807) is 5.51 Å². The van der Waals surface area contributed by atoms with Crippen LogP contribution in [-0.4, -0.2) is 46.6 Å². The maximum Gasteiger partial charge on any atom is 0.263 e. The van der Waals surface area contributed by atoms with E-state index in [0.717, 1.165) is 31.6 Å². The van der Waals surface area contributed by atoms with E-state index in [9.17, 15) is 9.90 Å². The van der Waals surface area contributed by atoms with Gasteiger partial charge in [0.25, 0.3) is 5.91 Å². The summed E-state index contributed by atoms with van der Waals surface area (Å²) in [5.41, 5.74) is 5.24. The van der Waals surface area contributed by atoms with Gasteiger partial charge in [-0.1, -0.05) is 31.2 Å². The third-order valence-corrected chi connectivity index (χ3v) is 5.23. The summed E-state index contributed by atoms with van der Waals surface area (Å²) in [6.45, 7) is 4.61. The fourth-order valence-electron chi connectivity index (χ4n) is 3.07. The van der Waals surface area contributed by atoms with Crippen LogP contribution >= 0.6 is 11.3 Å². The van der Waals surface area contributed by atoms with Gasteiger partial charge in [-0.3, -0.25) is 9.69 Å². The van der Waals surface area contributed by atoms with E-state index >= 15 is 0 Å². The zero-order valence-corrected chi connectivity index (χ0v) is 14.7. The molecule has 2 heterocycles. The van der Waals surface area contributed by atoms with E-state index in [0.29, 0.717) is 11.4 Å². The first-order valence-electron chi connectivity index (χ1n) is 8.35. The first-order chi connectivity index (χ1) is 11.7. The van der Waals surface area contributed by atoms with Crippen molar-refractivity contribution < 1.29 is 9.90 Å². The first kappa shape index (κ1) is 17.1. The van der Waals surface area contributed by atoms with E-state index in [4.69, 9.17) is 0 Å². The van der Waals surface area contributed by atoms with Crippen LogP contribution in [0.4, 0.5) is 0 Å². The van der Waals surface area contributed by atoms with Crippen LogP contribution in [0, 0.1) is 0 Å². The van der Waals surface area contributed by atoms with E-state index in [2.05, 4.69) is 39.5 Å². The second-order valence-corrected chi connectivity index (χ2v) is 6.95. The fraction of sp³-hybridized carbons (Fsp3) is 0.444. The number of hydrogen-bond acceptors (Lipinski definition) is 5. The number of rotatable bonds is 6. The number of aliphatic hydroxyl groups excluding tert-OH is 1. The minimum absolute atomic E-state index is 0.141. The number of amides is 1. The highest BCUT2D eigenvalue weighted by atomic mass is 32.1. The summed E-state index contributed by atoms with van der Waals surface area (Å²) < 4.78 is 0. The number of carbonyl (C=O) groups is 1. The lowest BCUT2D eigenvalue weighted by Gasteiger charge is -2.30. The van der Waals surface area contributed by atoms with Gasteiger partial charge in [0, 0.05) is 26.2 Å². The third kappa shape index (κ3) is 4.01. The van der Waals surface area contributed by atoms with Crippen LogP contribution in [0.2, 0.25) is 0 Å². The molecule has 3 rings (SSSR count). The minimum atomic E-state index is -0.572. The van der Waals surface area contributed by atoms with Crippen molar-refractivity contribution >= 4 is 17.2 Å². The lowest BCUT2D eigenvalue weighted by atomic mass is 10.00. The number of nitrogens with one attached hydrogen (secondary N) is 1.